The third kappa shape index (κ3) is 3.29. The molecule has 1 atom stereocenters. The van der Waals surface area contributed by atoms with Crippen LogP contribution in [0.2, 0.25) is 0 Å². The van der Waals surface area contributed by atoms with E-state index in [-0.39, 0.29) is 11.3 Å². The van der Waals surface area contributed by atoms with Gasteiger partial charge in [-0.1, -0.05) is 0 Å². The van der Waals surface area contributed by atoms with Crippen LogP contribution in [0.15, 0.2) is 24.5 Å². The van der Waals surface area contributed by atoms with E-state index in [1.807, 2.05) is 42.2 Å². The lowest BCUT2D eigenvalue weighted by Crippen LogP contribution is -2.42. The molecule has 0 saturated carbocycles. The highest BCUT2D eigenvalue weighted by Gasteiger charge is 2.46. The van der Waals surface area contributed by atoms with Gasteiger partial charge in [-0.3, -0.25) is 9.78 Å². The maximum Gasteiger partial charge on any atom is 0.272 e. The first-order valence-corrected chi connectivity index (χ1v) is 10.7. The molecule has 8 heteroatoms. The molecular formula is C22H28N6O2. The number of aromatic nitrogens is 3. The minimum absolute atomic E-state index is 0.0121. The molecule has 0 aliphatic carbocycles. The number of hydrogen-bond acceptors (Lipinski definition) is 7. The monoisotopic (exact) mass is 408 g/mol. The number of hydrogen-bond donors (Lipinski definition) is 0. The summed E-state index contributed by atoms with van der Waals surface area (Å²) in [4.78, 5) is 33.1. The fourth-order valence-corrected chi connectivity index (χ4v) is 4.83. The number of amides is 1. The van der Waals surface area contributed by atoms with Crippen molar-refractivity contribution in [1.82, 2.24) is 19.9 Å². The van der Waals surface area contributed by atoms with Crippen LogP contribution < -0.4 is 9.80 Å². The van der Waals surface area contributed by atoms with Gasteiger partial charge in [0.2, 0.25) is 5.95 Å². The predicted octanol–water partition coefficient (Wildman–Crippen LogP) is 1.85. The fourth-order valence-electron chi connectivity index (χ4n) is 4.83. The van der Waals surface area contributed by atoms with Crippen molar-refractivity contribution >= 4 is 17.5 Å². The first-order valence-electron chi connectivity index (χ1n) is 10.7. The molecule has 1 unspecified atom stereocenters. The molecule has 0 radical (unpaired) electrons. The average Bonchev–Trinajstić information content (AvgIpc) is 3.45. The summed E-state index contributed by atoms with van der Waals surface area (Å²) in [5, 5.41) is 0. The topological polar surface area (TPSA) is 74.7 Å². The van der Waals surface area contributed by atoms with E-state index in [9.17, 15) is 4.79 Å². The van der Waals surface area contributed by atoms with Gasteiger partial charge < -0.3 is 19.4 Å². The molecule has 2 fully saturated rings. The highest BCUT2D eigenvalue weighted by molar-refractivity contribution is 5.93. The van der Waals surface area contributed by atoms with Crippen LogP contribution in [-0.4, -0.2) is 72.6 Å². The summed E-state index contributed by atoms with van der Waals surface area (Å²) < 4.78 is 5.90. The van der Waals surface area contributed by atoms with Crippen molar-refractivity contribution < 1.29 is 9.53 Å². The molecule has 5 heterocycles. The van der Waals surface area contributed by atoms with Crippen molar-refractivity contribution in [2.24, 2.45) is 0 Å². The number of ether oxygens (including phenoxy) is 1. The molecule has 8 nitrogen and oxygen atoms in total. The highest BCUT2D eigenvalue weighted by Crippen LogP contribution is 2.39. The van der Waals surface area contributed by atoms with Gasteiger partial charge in [-0.25, -0.2) is 9.97 Å². The third-order valence-corrected chi connectivity index (χ3v) is 6.46. The van der Waals surface area contributed by atoms with Crippen LogP contribution in [0.25, 0.3) is 0 Å². The number of carbonyl (C=O) groups is 1. The van der Waals surface area contributed by atoms with Crippen LogP contribution in [0.5, 0.6) is 0 Å². The highest BCUT2D eigenvalue weighted by atomic mass is 16.5. The van der Waals surface area contributed by atoms with Gasteiger partial charge in [0.25, 0.3) is 5.91 Å². The van der Waals surface area contributed by atoms with Crippen molar-refractivity contribution in [1.29, 1.82) is 0 Å². The van der Waals surface area contributed by atoms with E-state index < -0.39 is 0 Å². The second-order valence-corrected chi connectivity index (χ2v) is 8.78. The van der Waals surface area contributed by atoms with Gasteiger partial charge >= 0.3 is 0 Å². The molecule has 0 aromatic carbocycles. The number of anilines is 2. The van der Waals surface area contributed by atoms with Crippen molar-refractivity contribution in [3.05, 3.63) is 41.5 Å². The van der Waals surface area contributed by atoms with Crippen LogP contribution in [-0.2, 0) is 16.8 Å². The molecule has 5 rings (SSSR count). The molecule has 158 valence electrons. The van der Waals surface area contributed by atoms with E-state index in [1.165, 1.54) is 12.8 Å². The molecule has 0 N–H and O–H groups in total. The Morgan fingerprint density at radius 3 is 2.83 bits per heavy atom. The largest absolute Gasteiger partial charge is 0.376 e. The number of pyridine rings is 1. The zero-order chi connectivity index (χ0) is 20.7. The first-order chi connectivity index (χ1) is 14.6. The average molecular weight is 409 g/mol. The smallest absolute Gasteiger partial charge is 0.272 e. The van der Waals surface area contributed by atoms with E-state index in [0.717, 1.165) is 36.5 Å². The van der Waals surface area contributed by atoms with Gasteiger partial charge in [-0.2, -0.15) is 0 Å². The molecule has 1 amide bonds. The van der Waals surface area contributed by atoms with Gasteiger partial charge in [0.1, 0.15) is 5.69 Å². The Morgan fingerprint density at radius 1 is 1.20 bits per heavy atom. The summed E-state index contributed by atoms with van der Waals surface area (Å²) in [7, 11) is 3.88. The van der Waals surface area contributed by atoms with Crippen LogP contribution in [0.1, 0.15) is 41.0 Å². The maximum atomic E-state index is 13.3. The van der Waals surface area contributed by atoms with E-state index >= 15 is 0 Å². The normalized spacial score (nSPS) is 23.1. The SMILES string of the molecule is CN(C)c1ncc2c(n1)C1(CCN(C(=O)c3cc(N4CCCC4)ccn3)C1)COC2. The van der Waals surface area contributed by atoms with Crippen molar-refractivity contribution in [3.63, 3.8) is 0 Å². The molecule has 30 heavy (non-hydrogen) atoms. The lowest BCUT2D eigenvalue weighted by atomic mass is 9.80. The van der Waals surface area contributed by atoms with Gasteiger partial charge in [0.05, 0.1) is 24.3 Å². The lowest BCUT2D eigenvalue weighted by Gasteiger charge is -2.34. The fraction of sp³-hybridized carbons (Fsp3) is 0.545. The summed E-state index contributed by atoms with van der Waals surface area (Å²) in [5.41, 5.74) is 3.39. The zero-order valence-corrected chi connectivity index (χ0v) is 17.7. The lowest BCUT2D eigenvalue weighted by molar-refractivity contribution is 0.0484. The van der Waals surface area contributed by atoms with Crippen LogP contribution >= 0.6 is 0 Å². The molecular weight excluding hydrogens is 380 g/mol. The Balaban J connectivity index is 1.40. The summed E-state index contributed by atoms with van der Waals surface area (Å²) in [6.07, 6.45) is 6.86. The molecule has 2 aromatic rings. The van der Waals surface area contributed by atoms with Crippen molar-refractivity contribution in [2.75, 3.05) is 56.7 Å². The van der Waals surface area contributed by atoms with Crippen molar-refractivity contribution in [2.45, 2.75) is 31.3 Å². The molecule has 1 spiro atoms. The third-order valence-electron chi connectivity index (χ3n) is 6.46. The minimum atomic E-state index is -0.274. The zero-order valence-electron chi connectivity index (χ0n) is 17.7. The number of rotatable bonds is 3. The summed E-state index contributed by atoms with van der Waals surface area (Å²) in [5.74, 6) is 0.682. The molecule has 3 aliphatic rings. The Hall–Kier alpha value is -2.74. The van der Waals surface area contributed by atoms with E-state index in [4.69, 9.17) is 9.72 Å². The van der Waals surface area contributed by atoms with Gasteiger partial charge in [-0.05, 0) is 31.4 Å². The Bertz CT molecular complexity index is 958. The number of likely N-dealkylation sites (tertiary alicyclic amines) is 1. The van der Waals surface area contributed by atoms with Crippen LogP contribution in [0.3, 0.4) is 0 Å². The Kier molecular flexibility index (Phi) is 4.81. The summed E-state index contributed by atoms with van der Waals surface area (Å²) in [6, 6.07) is 3.94. The standard InChI is InChI=1S/C22H28N6O2/c1-26(2)21-24-12-16-13-30-15-22(19(16)25-21)6-10-28(14-22)20(29)18-11-17(5-7-23-18)27-8-3-4-9-27/h5,7,11-12H,3-4,6,8-10,13-15H2,1-2H3. The van der Waals surface area contributed by atoms with E-state index in [2.05, 4.69) is 14.9 Å². The molecule has 3 aliphatic heterocycles. The number of fused-ring (bicyclic) bond motifs is 2. The predicted molar refractivity (Wildman–Crippen MR) is 114 cm³/mol. The summed E-state index contributed by atoms with van der Waals surface area (Å²) in [6.45, 7) is 4.48. The quantitative estimate of drug-likeness (QED) is 0.767. The number of carbonyl (C=O) groups excluding carboxylic acids is 1. The second-order valence-electron chi connectivity index (χ2n) is 8.78. The number of nitrogens with zero attached hydrogens (tertiary/aromatic N) is 6. The van der Waals surface area contributed by atoms with E-state index in [0.29, 0.717) is 37.9 Å². The van der Waals surface area contributed by atoms with Crippen LogP contribution in [0, 0.1) is 0 Å². The summed E-state index contributed by atoms with van der Waals surface area (Å²) >= 11 is 0. The van der Waals surface area contributed by atoms with Crippen molar-refractivity contribution in [3.8, 4) is 0 Å². The molecule has 2 saturated heterocycles. The van der Waals surface area contributed by atoms with Crippen LogP contribution in [0.4, 0.5) is 11.6 Å². The van der Waals surface area contributed by atoms with Gasteiger partial charge in [-0.15, -0.1) is 0 Å². The Labute approximate surface area is 176 Å². The molecule has 2 aromatic heterocycles. The second kappa shape index (κ2) is 7.50. The maximum absolute atomic E-state index is 13.3. The minimum Gasteiger partial charge on any atom is -0.376 e. The van der Waals surface area contributed by atoms with E-state index in [1.54, 1.807) is 6.20 Å². The Morgan fingerprint density at radius 2 is 2.03 bits per heavy atom. The molecule has 0 bridgehead atoms. The first kappa shape index (κ1) is 19.2. The van der Waals surface area contributed by atoms with Gasteiger partial charge in [0.15, 0.2) is 0 Å². The van der Waals surface area contributed by atoms with Gasteiger partial charge in [0, 0.05) is 63.9 Å².